The van der Waals surface area contributed by atoms with Crippen LogP contribution in [-0.2, 0) is 0 Å². The molecule has 0 unspecified atom stereocenters. The lowest BCUT2D eigenvalue weighted by atomic mass is 10.1. The summed E-state index contributed by atoms with van der Waals surface area (Å²) >= 11 is 8.11. The summed E-state index contributed by atoms with van der Waals surface area (Å²) in [6.07, 6.45) is 0. The molecule has 0 bridgehead atoms. The van der Waals surface area contributed by atoms with E-state index in [1.165, 1.54) is 37.3 Å². The van der Waals surface area contributed by atoms with Crippen molar-refractivity contribution in [1.29, 1.82) is 0 Å². The number of nitrogens with one attached hydrogen (secondary N) is 2. The number of hydrogen-bond donors (Lipinski definition) is 2. The van der Waals surface area contributed by atoms with Crippen LogP contribution in [-0.4, -0.2) is 15.9 Å². The van der Waals surface area contributed by atoms with Crippen LogP contribution in [0.5, 0.6) is 0 Å². The number of carbonyl (C=O) groups is 1. The van der Waals surface area contributed by atoms with E-state index in [9.17, 15) is 19.3 Å². The molecule has 0 atom stereocenters. The molecule has 0 saturated heterocycles. The molecule has 2 N–H and O–H groups in total. The predicted octanol–water partition coefficient (Wildman–Crippen LogP) is 3.93. The average Bonchev–Trinajstić information content (AvgIpc) is 2.49. The highest BCUT2D eigenvalue weighted by molar-refractivity contribution is 9.10. The monoisotopic (exact) mass is 411 g/mol. The van der Waals surface area contributed by atoms with Gasteiger partial charge in [0.15, 0.2) is 5.11 Å². The molecule has 0 aliphatic carbocycles. The molecule has 0 spiro atoms. The number of halogens is 2. The number of benzene rings is 2. The van der Waals surface area contributed by atoms with Gasteiger partial charge >= 0.3 is 0 Å². The number of nitrogens with zero attached hydrogens (tertiary/aromatic N) is 1. The van der Waals surface area contributed by atoms with Crippen LogP contribution in [0.1, 0.15) is 15.9 Å². The van der Waals surface area contributed by atoms with E-state index in [0.717, 1.165) is 0 Å². The number of thiocarbonyl (C=S) groups is 1. The molecule has 0 aliphatic heterocycles. The van der Waals surface area contributed by atoms with E-state index in [1.54, 1.807) is 6.07 Å². The first-order valence-electron chi connectivity index (χ1n) is 6.61. The number of amides is 1. The first kappa shape index (κ1) is 18.0. The van der Waals surface area contributed by atoms with Gasteiger partial charge in [0.25, 0.3) is 11.6 Å². The van der Waals surface area contributed by atoms with Crippen molar-refractivity contribution in [2.24, 2.45) is 0 Å². The molecule has 6 nitrogen and oxygen atoms in total. The first-order valence-corrected chi connectivity index (χ1v) is 7.81. The number of hydrogen-bond acceptors (Lipinski definition) is 4. The van der Waals surface area contributed by atoms with Crippen molar-refractivity contribution >= 4 is 50.5 Å². The highest BCUT2D eigenvalue weighted by Crippen LogP contribution is 2.21. The Morgan fingerprint density at radius 1 is 1.33 bits per heavy atom. The zero-order valence-corrected chi connectivity index (χ0v) is 14.7. The van der Waals surface area contributed by atoms with Gasteiger partial charge in [0, 0.05) is 21.7 Å². The van der Waals surface area contributed by atoms with E-state index in [-0.39, 0.29) is 27.6 Å². The molecule has 0 aliphatic rings. The molecule has 0 aromatic heterocycles. The van der Waals surface area contributed by atoms with E-state index in [1.807, 2.05) is 0 Å². The van der Waals surface area contributed by atoms with Gasteiger partial charge < -0.3 is 5.32 Å². The van der Waals surface area contributed by atoms with Crippen LogP contribution in [0.3, 0.4) is 0 Å². The largest absolute Gasteiger partial charge is 0.330 e. The average molecular weight is 412 g/mol. The molecular weight excluding hydrogens is 401 g/mol. The smallest absolute Gasteiger partial charge is 0.273 e. The van der Waals surface area contributed by atoms with Gasteiger partial charge in [-0.05, 0) is 43.4 Å². The van der Waals surface area contributed by atoms with Crippen LogP contribution in [0, 0.1) is 22.9 Å². The maximum atomic E-state index is 13.7. The summed E-state index contributed by atoms with van der Waals surface area (Å²) in [4.78, 5) is 22.6. The summed E-state index contributed by atoms with van der Waals surface area (Å²) in [6, 6.07) is 8.47. The maximum absolute atomic E-state index is 13.7. The molecule has 2 rings (SSSR count). The molecule has 9 heteroatoms. The fourth-order valence-corrected chi connectivity index (χ4v) is 2.52. The lowest BCUT2D eigenvalue weighted by Crippen LogP contribution is -2.34. The summed E-state index contributed by atoms with van der Waals surface area (Å²) in [5.41, 5.74) is 0.266. The highest BCUT2D eigenvalue weighted by Gasteiger charge is 2.18. The zero-order chi connectivity index (χ0) is 17.9. The van der Waals surface area contributed by atoms with Crippen LogP contribution >= 0.6 is 28.1 Å². The van der Waals surface area contributed by atoms with E-state index in [0.29, 0.717) is 4.47 Å². The van der Waals surface area contributed by atoms with Crippen LogP contribution in [0.25, 0.3) is 0 Å². The summed E-state index contributed by atoms with van der Waals surface area (Å²) in [6.45, 7) is 1.47. The lowest BCUT2D eigenvalue weighted by molar-refractivity contribution is -0.385. The first-order chi connectivity index (χ1) is 11.3. The van der Waals surface area contributed by atoms with Gasteiger partial charge in [0.05, 0.1) is 10.6 Å². The number of anilines is 1. The molecule has 2 aromatic rings. The van der Waals surface area contributed by atoms with Gasteiger partial charge in [-0.15, -0.1) is 0 Å². The normalized spacial score (nSPS) is 10.1. The number of nitro groups is 1. The van der Waals surface area contributed by atoms with Gasteiger partial charge in [-0.3, -0.25) is 20.2 Å². The summed E-state index contributed by atoms with van der Waals surface area (Å²) in [5.74, 6) is -1.17. The number of nitro benzene ring substituents is 1. The quantitative estimate of drug-likeness (QED) is 0.454. The second-order valence-corrected chi connectivity index (χ2v) is 6.06. The van der Waals surface area contributed by atoms with Crippen molar-refractivity contribution in [3.05, 3.63) is 67.9 Å². The van der Waals surface area contributed by atoms with E-state index >= 15 is 0 Å². The molecule has 0 saturated carbocycles. The third-order valence-corrected chi connectivity index (χ3v) is 3.85. The fraction of sp³-hybridized carbons (Fsp3) is 0.0667. The molecule has 0 radical (unpaired) electrons. The standard InChI is InChI=1S/C15H11BrFN3O3S/c1-8-10(3-2-4-13(8)20(22)23)14(21)19-15(24)18-12-6-5-9(16)7-11(12)17/h2-7H,1H3,(H2,18,19,21,24). The summed E-state index contributed by atoms with van der Waals surface area (Å²) in [5, 5.41) is 15.7. The lowest BCUT2D eigenvalue weighted by Gasteiger charge is -2.11. The van der Waals surface area contributed by atoms with Gasteiger partial charge in [0.1, 0.15) is 5.82 Å². The zero-order valence-electron chi connectivity index (χ0n) is 12.3. The molecule has 1 amide bonds. The molecule has 0 fully saturated rings. The second kappa shape index (κ2) is 7.45. The predicted molar refractivity (Wildman–Crippen MR) is 95.6 cm³/mol. The Morgan fingerprint density at radius 3 is 2.67 bits per heavy atom. The van der Waals surface area contributed by atoms with E-state index < -0.39 is 16.6 Å². The summed E-state index contributed by atoms with van der Waals surface area (Å²) < 4.78 is 14.3. The van der Waals surface area contributed by atoms with Gasteiger partial charge in [0.2, 0.25) is 0 Å². The highest BCUT2D eigenvalue weighted by atomic mass is 79.9. The minimum atomic E-state index is -0.619. The Hall–Kier alpha value is -2.39. The second-order valence-electron chi connectivity index (χ2n) is 4.74. The minimum Gasteiger partial charge on any atom is -0.330 e. The Labute approximate surface area is 150 Å². The Kier molecular flexibility index (Phi) is 5.58. The van der Waals surface area contributed by atoms with Crippen molar-refractivity contribution < 1.29 is 14.1 Å². The third kappa shape index (κ3) is 4.12. The van der Waals surface area contributed by atoms with Crippen LogP contribution in [0.4, 0.5) is 15.8 Å². The van der Waals surface area contributed by atoms with Crippen LogP contribution in [0.15, 0.2) is 40.9 Å². The molecule has 2 aromatic carbocycles. The van der Waals surface area contributed by atoms with Crippen molar-refractivity contribution in [3.8, 4) is 0 Å². The van der Waals surface area contributed by atoms with Gasteiger partial charge in [-0.2, -0.15) is 0 Å². The molecule has 0 heterocycles. The summed E-state index contributed by atoms with van der Waals surface area (Å²) in [7, 11) is 0. The molecular formula is C15H11BrFN3O3S. The SMILES string of the molecule is Cc1c(C(=O)NC(=S)Nc2ccc(Br)cc2F)cccc1[N+](=O)[O-]. The van der Waals surface area contributed by atoms with Crippen molar-refractivity contribution in [3.63, 3.8) is 0 Å². The Morgan fingerprint density at radius 2 is 2.04 bits per heavy atom. The van der Waals surface area contributed by atoms with Crippen molar-refractivity contribution in [2.75, 3.05) is 5.32 Å². The van der Waals surface area contributed by atoms with Crippen molar-refractivity contribution in [1.82, 2.24) is 5.32 Å². The molecule has 24 heavy (non-hydrogen) atoms. The number of carbonyl (C=O) groups excluding carboxylic acids is 1. The van der Waals surface area contributed by atoms with E-state index in [4.69, 9.17) is 12.2 Å². The maximum Gasteiger partial charge on any atom is 0.273 e. The number of rotatable bonds is 3. The van der Waals surface area contributed by atoms with Crippen LogP contribution < -0.4 is 10.6 Å². The third-order valence-electron chi connectivity index (χ3n) is 3.15. The van der Waals surface area contributed by atoms with E-state index in [2.05, 4.69) is 26.6 Å². The minimum absolute atomic E-state index is 0.0965. The Bertz CT molecular complexity index is 845. The van der Waals surface area contributed by atoms with Crippen molar-refractivity contribution in [2.45, 2.75) is 6.92 Å². The van der Waals surface area contributed by atoms with Crippen LogP contribution in [0.2, 0.25) is 0 Å². The van der Waals surface area contributed by atoms with Gasteiger partial charge in [-0.25, -0.2) is 4.39 Å². The Balaban J connectivity index is 2.13. The fourth-order valence-electron chi connectivity index (χ4n) is 1.98. The molecule has 124 valence electrons. The topological polar surface area (TPSA) is 84.3 Å². The van der Waals surface area contributed by atoms with Gasteiger partial charge in [-0.1, -0.05) is 22.0 Å².